The molecule has 12 heteroatoms. The first-order valence-corrected chi connectivity index (χ1v) is 18.2. The van der Waals surface area contributed by atoms with Crippen molar-refractivity contribution >= 4 is 34.6 Å². The summed E-state index contributed by atoms with van der Waals surface area (Å²) >= 11 is 0. The van der Waals surface area contributed by atoms with E-state index in [1.165, 1.54) is 0 Å². The second-order valence-electron chi connectivity index (χ2n) is 12.9. The van der Waals surface area contributed by atoms with Crippen LogP contribution in [0.2, 0.25) is 0 Å². The molecule has 58 heavy (non-hydrogen) atoms. The number of pyridine rings is 1. The van der Waals surface area contributed by atoms with Gasteiger partial charge in [0.15, 0.2) is 0 Å². The van der Waals surface area contributed by atoms with Crippen molar-refractivity contribution in [2.45, 2.75) is 0 Å². The average Bonchev–Trinajstić information content (AvgIpc) is 3.55. The van der Waals surface area contributed by atoms with E-state index < -0.39 is 0 Å². The zero-order valence-electron chi connectivity index (χ0n) is 32.2. The topological polar surface area (TPSA) is 157 Å². The Morgan fingerprint density at radius 1 is 0.552 bits per heavy atom. The lowest BCUT2D eigenvalue weighted by atomic mass is 9.93. The van der Waals surface area contributed by atoms with Crippen LogP contribution in [0.3, 0.4) is 0 Å². The second-order valence-corrected chi connectivity index (χ2v) is 12.9. The fourth-order valence-electron chi connectivity index (χ4n) is 6.97. The number of rotatable bonds is 8. The average molecular weight is 771 g/mol. The van der Waals surface area contributed by atoms with Gasteiger partial charge in [-0.1, -0.05) is 78.9 Å². The lowest BCUT2D eigenvalue weighted by molar-refractivity contribution is -0.115. The van der Waals surface area contributed by atoms with Crippen LogP contribution in [0.4, 0.5) is 11.4 Å². The largest absolute Gasteiger partial charge is 0.496 e. The van der Waals surface area contributed by atoms with Crippen LogP contribution in [-0.2, 0) is 9.59 Å². The van der Waals surface area contributed by atoms with Crippen molar-refractivity contribution in [3.8, 4) is 51.3 Å². The first kappa shape index (κ1) is 38.5. The van der Waals surface area contributed by atoms with Crippen molar-refractivity contribution < 1.29 is 28.5 Å². The number of carbonyl (C=O) groups is 2. The number of methoxy groups -OCH3 is 4. The summed E-state index contributed by atoms with van der Waals surface area (Å²) in [6, 6.07) is 36.3. The number of hydrogen-bond acceptors (Lipinski definition) is 10. The predicted octanol–water partition coefficient (Wildman–Crippen LogP) is 7.59. The Morgan fingerprint density at radius 2 is 1.05 bits per heavy atom. The normalized spacial score (nSPS) is 12.9. The summed E-state index contributed by atoms with van der Waals surface area (Å²) in [6.45, 7) is -0.000458. The van der Waals surface area contributed by atoms with Crippen LogP contribution in [0.1, 0.15) is 27.8 Å². The SMILES string of the molecule is COc1cc2c(c(OC)c1-c1ccccc1)C(c1ccccc1)=NCC(=O)N2.COc1cc2c(c(OC)c1-c1cccnc1)C(c1cccc(C#N)c1)=NCC(=O)N2. The van der Waals surface area contributed by atoms with E-state index in [0.29, 0.717) is 68.0 Å². The maximum absolute atomic E-state index is 12.3. The smallest absolute Gasteiger partial charge is 0.246 e. The number of nitrogens with one attached hydrogen (secondary N) is 2. The van der Waals surface area contributed by atoms with Crippen molar-refractivity contribution in [2.75, 3.05) is 52.2 Å². The molecule has 1 aromatic heterocycles. The molecular weight excluding hydrogens is 733 g/mol. The standard InChI is InChI=1S/C23H18N4O3.C23H20N2O3/c1-29-18-10-17-21(23(30-2)20(18)16-7-4-8-25-12-16)22(26-13-19(28)27-17)15-6-3-5-14(9-15)11-24;1-27-18-13-17-21(23(28-2)20(18)15-9-5-3-6-10-15)22(24-14-19(26)25-17)16-11-7-4-8-12-16/h3-10,12H,13H2,1-2H3,(H,27,28);3-13H,14H2,1-2H3,(H,25,26). The van der Waals surface area contributed by atoms with E-state index in [-0.39, 0.29) is 24.9 Å². The number of anilines is 2. The van der Waals surface area contributed by atoms with Gasteiger partial charge < -0.3 is 29.6 Å². The lowest BCUT2D eigenvalue weighted by Gasteiger charge is -2.21. The molecule has 0 fully saturated rings. The van der Waals surface area contributed by atoms with Crippen molar-refractivity contribution in [1.82, 2.24) is 4.98 Å². The minimum absolute atomic E-state index is 0.0467. The summed E-state index contributed by atoms with van der Waals surface area (Å²) in [5.41, 5.74) is 9.22. The fourth-order valence-corrected chi connectivity index (χ4v) is 6.97. The molecule has 288 valence electrons. The molecule has 0 aliphatic carbocycles. The maximum atomic E-state index is 12.3. The van der Waals surface area contributed by atoms with E-state index in [9.17, 15) is 14.9 Å². The Balaban J connectivity index is 0.000000177. The molecule has 0 atom stereocenters. The van der Waals surface area contributed by atoms with Crippen LogP contribution in [0.25, 0.3) is 22.3 Å². The van der Waals surface area contributed by atoms with Crippen molar-refractivity contribution in [3.05, 3.63) is 149 Å². The Hall–Kier alpha value is -7.78. The quantitative estimate of drug-likeness (QED) is 0.160. The molecule has 0 bridgehead atoms. The van der Waals surface area contributed by atoms with E-state index >= 15 is 0 Å². The van der Waals surface area contributed by atoms with E-state index in [0.717, 1.165) is 27.8 Å². The first-order valence-electron chi connectivity index (χ1n) is 18.2. The summed E-state index contributed by atoms with van der Waals surface area (Å²) in [4.78, 5) is 38.0. The summed E-state index contributed by atoms with van der Waals surface area (Å²) in [7, 11) is 6.35. The van der Waals surface area contributed by atoms with Gasteiger partial charge >= 0.3 is 0 Å². The zero-order chi connectivity index (χ0) is 40.6. The lowest BCUT2D eigenvalue weighted by Crippen LogP contribution is -2.14. The molecule has 0 radical (unpaired) electrons. The molecule has 2 amide bonds. The van der Waals surface area contributed by atoms with E-state index in [4.69, 9.17) is 18.9 Å². The minimum Gasteiger partial charge on any atom is -0.496 e. The first-order chi connectivity index (χ1) is 28.4. The summed E-state index contributed by atoms with van der Waals surface area (Å²) in [5, 5.41) is 15.1. The number of fused-ring (bicyclic) bond motifs is 2. The van der Waals surface area contributed by atoms with Gasteiger partial charge in [-0.25, -0.2) is 0 Å². The maximum Gasteiger partial charge on any atom is 0.246 e. The Bertz CT molecular complexity index is 2600. The molecule has 2 aliphatic rings. The Kier molecular flexibility index (Phi) is 11.5. The molecule has 6 aromatic rings. The van der Waals surface area contributed by atoms with Gasteiger partial charge in [0.05, 0.1) is 85.1 Å². The van der Waals surface area contributed by atoms with Crippen molar-refractivity contribution in [3.63, 3.8) is 0 Å². The molecule has 0 saturated carbocycles. The number of benzene rings is 5. The molecule has 5 aromatic carbocycles. The highest BCUT2D eigenvalue weighted by Crippen LogP contribution is 2.47. The third-order valence-corrected chi connectivity index (χ3v) is 9.45. The van der Waals surface area contributed by atoms with Crippen LogP contribution in [0, 0.1) is 11.3 Å². The Labute approximate surface area is 335 Å². The summed E-state index contributed by atoms with van der Waals surface area (Å²) in [5.74, 6) is 1.85. The van der Waals surface area contributed by atoms with Crippen LogP contribution >= 0.6 is 0 Å². The van der Waals surface area contributed by atoms with E-state index in [1.807, 2.05) is 84.9 Å². The van der Waals surface area contributed by atoms with Crippen LogP contribution in [0.5, 0.6) is 23.0 Å². The number of hydrogen-bond donors (Lipinski definition) is 2. The van der Waals surface area contributed by atoms with Gasteiger partial charge in [0.2, 0.25) is 11.8 Å². The molecule has 12 nitrogen and oxygen atoms in total. The molecule has 2 aliphatic heterocycles. The molecule has 0 saturated heterocycles. The molecule has 8 rings (SSSR count). The number of nitriles is 1. The fraction of sp³-hybridized carbons (Fsp3) is 0.130. The second kappa shape index (κ2) is 17.3. The molecule has 0 spiro atoms. The van der Waals surface area contributed by atoms with Gasteiger partial charge in [-0.05, 0) is 23.8 Å². The molecular formula is C46H38N6O6. The van der Waals surface area contributed by atoms with Gasteiger partial charge in [0.25, 0.3) is 0 Å². The molecule has 2 N–H and O–H groups in total. The van der Waals surface area contributed by atoms with Crippen LogP contribution < -0.4 is 29.6 Å². The number of ether oxygens (including phenoxy) is 4. The van der Waals surface area contributed by atoms with Crippen LogP contribution in [0.15, 0.2) is 132 Å². The van der Waals surface area contributed by atoms with Crippen molar-refractivity contribution in [1.29, 1.82) is 5.26 Å². The van der Waals surface area contributed by atoms with Gasteiger partial charge in [0.1, 0.15) is 36.1 Å². The minimum atomic E-state index is -0.249. The summed E-state index contributed by atoms with van der Waals surface area (Å²) in [6.07, 6.45) is 3.40. The van der Waals surface area contributed by atoms with Gasteiger partial charge in [-0.3, -0.25) is 24.6 Å². The number of nitrogens with zero attached hydrogens (tertiary/aromatic N) is 4. The number of aromatic nitrogens is 1. The van der Waals surface area contributed by atoms with Gasteiger partial charge in [-0.2, -0.15) is 5.26 Å². The number of aliphatic imine (C=N–C) groups is 2. The number of amides is 2. The van der Waals surface area contributed by atoms with Gasteiger partial charge in [0, 0.05) is 41.2 Å². The van der Waals surface area contributed by atoms with E-state index in [1.54, 1.807) is 65.1 Å². The highest BCUT2D eigenvalue weighted by Gasteiger charge is 2.29. The monoisotopic (exact) mass is 770 g/mol. The third-order valence-electron chi connectivity index (χ3n) is 9.45. The Morgan fingerprint density at radius 3 is 1.55 bits per heavy atom. The van der Waals surface area contributed by atoms with E-state index in [2.05, 4.69) is 31.7 Å². The predicted molar refractivity (Wildman–Crippen MR) is 224 cm³/mol. The zero-order valence-corrected chi connectivity index (χ0v) is 32.2. The van der Waals surface area contributed by atoms with Gasteiger partial charge in [-0.15, -0.1) is 0 Å². The highest BCUT2D eigenvalue weighted by atomic mass is 16.5. The highest BCUT2D eigenvalue weighted by molar-refractivity contribution is 6.23. The molecule has 3 heterocycles. The number of benzodiazepines with no additional fused rings is 2. The molecule has 0 unspecified atom stereocenters. The number of carbonyl (C=O) groups excluding carboxylic acids is 2. The van der Waals surface area contributed by atoms with Crippen LogP contribution in [-0.4, -0.2) is 69.8 Å². The summed E-state index contributed by atoms with van der Waals surface area (Å²) < 4.78 is 23.0. The third kappa shape index (κ3) is 7.69. The van der Waals surface area contributed by atoms with Crippen molar-refractivity contribution in [2.24, 2.45) is 9.98 Å².